The zero-order chi connectivity index (χ0) is 21.0. The molecule has 3 rings (SSSR count). The lowest BCUT2D eigenvalue weighted by molar-refractivity contribution is -0.122. The minimum atomic E-state index is -0.799. The zero-order valence-corrected chi connectivity index (χ0v) is 16.5. The summed E-state index contributed by atoms with van der Waals surface area (Å²) >= 11 is 0. The van der Waals surface area contributed by atoms with Gasteiger partial charge in [0.1, 0.15) is 11.3 Å². The summed E-state index contributed by atoms with van der Waals surface area (Å²) in [5.74, 6) is -0.935. The van der Waals surface area contributed by atoms with Gasteiger partial charge in [0.2, 0.25) is 0 Å². The Morgan fingerprint density at radius 1 is 1.10 bits per heavy atom. The zero-order valence-electron chi connectivity index (χ0n) is 16.5. The highest BCUT2D eigenvalue weighted by Crippen LogP contribution is 2.29. The Morgan fingerprint density at radius 3 is 2.41 bits per heavy atom. The number of benzene rings is 1. The minimum absolute atomic E-state index is 0.157. The van der Waals surface area contributed by atoms with Crippen LogP contribution in [0.3, 0.4) is 0 Å². The van der Waals surface area contributed by atoms with Crippen molar-refractivity contribution in [2.75, 3.05) is 30.0 Å². The number of hydrogen-bond donors (Lipinski definition) is 1. The summed E-state index contributed by atoms with van der Waals surface area (Å²) in [4.78, 5) is 44.4. The summed E-state index contributed by atoms with van der Waals surface area (Å²) in [6, 6.07) is 7.78. The summed E-state index contributed by atoms with van der Waals surface area (Å²) in [6.45, 7) is 5.79. The number of ether oxygens (including phenoxy) is 1. The number of anilines is 2. The van der Waals surface area contributed by atoms with Gasteiger partial charge >= 0.3 is 6.03 Å². The highest BCUT2D eigenvalue weighted by atomic mass is 16.5. The van der Waals surface area contributed by atoms with Crippen molar-refractivity contribution < 1.29 is 19.1 Å². The van der Waals surface area contributed by atoms with Gasteiger partial charge in [-0.15, -0.1) is 0 Å². The lowest BCUT2D eigenvalue weighted by Gasteiger charge is -2.26. The molecule has 0 radical (unpaired) electrons. The Morgan fingerprint density at radius 2 is 1.79 bits per heavy atom. The van der Waals surface area contributed by atoms with Crippen molar-refractivity contribution in [2.24, 2.45) is 0 Å². The third-order valence-electron chi connectivity index (χ3n) is 4.67. The maximum absolute atomic E-state index is 12.9. The second-order valence-corrected chi connectivity index (χ2v) is 6.26. The molecule has 8 nitrogen and oxygen atoms in total. The van der Waals surface area contributed by atoms with Gasteiger partial charge in [-0.25, -0.2) is 9.69 Å². The predicted octanol–water partition coefficient (Wildman–Crippen LogP) is 2.60. The number of hydrogen-bond acceptors (Lipinski definition) is 6. The summed E-state index contributed by atoms with van der Waals surface area (Å²) in [6.07, 6.45) is 4.36. The smallest absolute Gasteiger partial charge is 0.335 e. The Kier molecular flexibility index (Phi) is 5.92. The number of nitrogens with one attached hydrogen (secondary N) is 1. The van der Waals surface area contributed by atoms with Crippen LogP contribution in [-0.4, -0.2) is 43.0 Å². The molecule has 0 aliphatic carbocycles. The van der Waals surface area contributed by atoms with Gasteiger partial charge in [0.25, 0.3) is 11.8 Å². The van der Waals surface area contributed by atoms with Crippen molar-refractivity contribution >= 4 is 35.3 Å². The number of aromatic nitrogens is 1. The molecule has 8 heteroatoms. The van der Waals surface area contributed by atoms with E-state index in [1.165, 1.54) is 37.7 Å². The molecule has 1 fully saturated rings. The van der Waals surface area contributed by atoms with Crippen LogP contribution >= 0.6 is 0 Å². The average molecular weight is 394 g/mol. The minimum Gasteiger partial charge on any atom is -0.496 e. The van der Waals surface area contributed by atoms with E-state index in [0.29, 0.717) is 17.0 Å². The van der Waals surface area contributed by atoms with Crippen molar-refractivity contribution in [1.29, 1.82) is 0 Å². The Hall–Kier alpha value is -3.68. The Bertz CT molecular complexity index is 968. The molecule has 2 aromatic rings. The molecule has 4 amide bonds. The Labute approximate surface area is 168 Å². The summed E-state index contributed by atoms with van der Waals surface area (Å²) in [5, 5.41) is 2.20. The number of carbonyl (C=O) groups excluding carboxylic acids is 3. The predicted molar refractivity (Wildman–Crippen MR) is 110 cm³/mol. The van der Waals surface area contributed by atoms with Crippen LogP contribution in [0.4, 0.5) is 16.2 Å². The number of barbiturate groups is 1. The number of carbonyl (C=O) groups is 3. The normalized spacial score (nSPS) is 15.5. The molecule has 0 atom stereocenters. The van der Waals surface area contributed by atoms with E-state index in [1.807, 2.05) is 12.1 Å². The molecule has 0 spiro atoms. The van der Waals surface area contributed by atoms with E-state index in [0.717, 1.165) is 23.7 Å². The number of rotatable bonds is 6. The van der Waals surface area contributed by atoms with Gasteiger partial charge in [0.05, 0.1) is 12.8 Å². The van der Waals surface area contributed by atoms with Gasteiger partial charge in [-0.1, -0.05) is 0 Å². The first-order chi connectivity index (χ1) is 14.0. The second kappa shape index (κ2) is 8.55. The lowest BCUT2D eigenvalue weighted by Crippen LogP contribution is -2.54. The van der Waals surface area contributed by atoms with E-state index in [4.69, 9.17) is 4.74 Å². The molecule has 1 saturated heterocycles. The standard InChI is InChI=1S/C21H22N4O4/c1-4-24(5-2)16-7-6-14(18(13-16)29-3)12-17-19(26)23-21(28)25(20(17)27)15-8-10-22-11-9-15/h6-13H,4-5H2,1-3H3,(H,23,26,28)/b17-12+. The molecule has 0 saturated carbocycles. The van der Waals surface area contributed by atoms with Crippen molar-refractivity contribution in [2.45, 2.75) is 13.8 Å². The first kappa shape index (κ1) is 20.1. The Balaban J connectivity index is 2.01. The van der Waals surface area contributed by atoms with Gasteiger partial charge in [-0.3, -0.25) is 19.9 Å². The van der Waals surface area contributed by atoms with Gasteiger partial charge in [0, 0.05) is 42.8 Å². The lowest BCUT2D eigenvalue weighted by atomic mass is 10.1. The topological polar surface area (TPSA) is 91.8 Å². The van der Waals surface area contributed by atoms with Gasteiger partial charge in [0.15, 0.2) is 0 Å². The molecule has 1 aromatic carbocycles. The summed E-state index contributed by atoms with van der Waals surface area (Å²) < 4.78 is 5.47. The first-order valence-electron chi connectivity index (χ1n) is 9.24. The van der Waals surface area contributed by atoms with Crippen molar-refractivity contribution in [3.05, 3.63) is 53.9 Å². The summed E-state index contributed by atoms with van der Waals surface area (Å²) in [5.41, 5.74) is 1.70. The maximum atomic E-state index is 12.9. The molecule has 0 bridgehead atoms. The molecule has 1 aliphatic rings. The van der Waals surface area contributed by atoms with Crippen LogP contribution in [0.1, 0.15) is 19.4 Å². The molecule has 1 N–H and O–H groups in total. The van der Waals surface area contributed by atoms with Crippen molar-refractivity contribution in [3.8, 4) is 5.75 Å². The number of amides is 4. The number of urea groups is 1. The fraction of sp³-hybridized carbons (Fsp3) is 0.238. The van der Waals surface area contributed by atoms with Crippen LogP contribution < -0.4 is 19.9 Å². The molecule has 29 heavy (non-hydrogen) atoms. The van der Waals surface area contributed by atoms with Crippen molar-refractivity contribution in [3.63, 3.8) is 0 Å². The largest absolute Gasteiger partial charge is 0.496 e. The van der Waals surface area contributed by atoms with Crippen LogP contribution in [0.2, 0.25) is 0 Å². The van der Waals surface area contributed by atoms with E-state index in [-0.39, 0.29) is 5.57 Å². The molecule has 0 unspecified atom stereocenters. The molecular weight excluding hydrogens is 372 g/mol. The first-order valence-corrected chi connectivity index (χ1v) is 9.24. The number of nitrogens with zero attached hydrogens (tertiary/aromatic N) is 3. The van der Waals surface area contributed by atoms with Crippen LogP contribution in [0.25, 0.3) is 6.08 Å². The molecule has 1 aliphatic heterocycles. The average Bonchev–Trinajstić information content (AvgIpc) is 2.73. The van der Waals surface area contributed by atoms with E-state index < -0.39 is 17.8 Å². The fourth-order valence-electron chi connectivity index (χ4n) is 3.15. The van der Waals surface area contributed by atoms with Crippen LogP contribution in [0.15, 0.2) is 48.3 Å². The van der Waals surface area contributed by atoms with Gasteiger partial charge in [-0.05, 0) is 44.2 Å². The molecular formula is C21H22N4O4. The van der Waals surface area contributed by atoms with Gasteiger partial charge in [-0.2, -0.15) is 0 Å². The van der Waals surface area contributed by atoms with E-state index in [2.05, 4.69) is 29.0 Å². The second-order valence-electron chi connectivity index (χ2n) is 6.26. The van der Waals surface area contributed by atoms with E-state index in [9.17, 15) is 14.4 Å². The number of methoxy groups -OCH3 is 1. The van der Waals surface area contributed by atoms with Crippen molar-refractivity contribution in [1.82, 2.24) is 10.3 Å². The highest BCUT2D eigenvalue weighted by molar-refractivity contribution is 6.39. The van der Waals surface area contributed by atoms with E-state index in [1.54, 1.807) is 6.07 Å². The van der Waals surface area contributed by atoms with E-state index >= 15 is 0 Å². The number of imide groups is 2. The molecule has 2 heterocycles. The highest BCUT2D eigenvalue weighted by Gasteiger charge is 2.36. The fourth-order valence-corrected chi connectivity index (χ4v) is 3.15. The van der Waals surface area contributed by atoms with Crippen LogP contribution in [-0.2, 0) is 9.59 Å². The number of pyridine rings is 1. The molecule has 150 valence electrons. The third-order valence-corrected chi connectivity index (χ3v) is 4.67. The quantitative estimate of drug-likeness (QED) is 0.598. The maximum Gasteiger partial charge on any atom is 0.335 e. The monoisotopic (exact) mass is 394 g/mol. The van der Waals surface area contributed by atoms with Crippen LogP contribution in [0, 0.1) is 0 Å². The van der Waals surface area contributed by atoms with Crippen LogP contribution in [0.5, 0.6) is 5.75 Å². The van der Waals surface area contributed by atoms with Gasteiger partial charge < -0.3 is 9.64 Å². The summed E-state index contributed by atoms with van der Waals surface area (Å²) in [7, 11) is 1.53. The molecule has 1 aromatic heterocycles. The SMILES string of the molecule is CCN(CC)c1ccc(/C=C2\C(=O)NC(=O)N(c3ccncc3)C2=O)c(OC)c1. The third kappa shape index (κ3) is 3.96.